The largest absolute Gasteiger partial charge is 0.349 e. The SMILES string of the molecule is O=C(NC1CCN(CC2CCc3nc(CC4CC4)ncc3C2)CC1)c1ccc(-c2cccc(F)c2)nc1. The number of carbonyl (C=O) groups excluding carboxylic acids is 1. The monoisotopic (exact) mass is 499 g/mol. The van der Waals surface area contributed by atoms with E-state index in [1.165, 1.54) is 42.7 Å². The van der Waals surface area contributed by atoms with Gasteiger partial charge in [-0.2, -0.15) is 0 Å². The van der Waals surface area contributed by atoms with Gasteiger partial charge in [-0.1, -0.05) is 12.1 Å². The summed E-state index contributed by atoms with van der Waals surface area (Å²) < 4.78 is 13.5. The predicted octanol–water partition coefficient (Wildman–Crippen LogP) is 4.63. The van der Waals surface area contributed by atoms with Gasteiger partial charge in [0, 0.05) is 55.7 Å². The molecule has 1 aromatic carbocycles. The van der Waals surface area contributed by atoms with Crippen molar-refractivity contribution in [1.29, 1.82) is 0 Å². The first kappa shape index (κ1) is 24.2. The summed E-state index contributed by atoms with van der Waals surface area (Å²) in [6, 6.07) is 10.0. The normalized spacial score (nSPS) is 20.4. The molecule has 3 aromatic rings. The number of rotatable bonds is 7. The molecule has 2 aliphatic carbocycles. The molecule has 3 aliphatic rings. The molecule has 1 atom stereocenters. The molecule has 1 saturated carbocycles. The molecule has 1 N–H and O–H groups in total. The maximum absolute atomic E-state index is 13.5. The second-order valence-corrected chi connectivity index (χ2v) is 11.0. The van der Waals surface area contributed by atoms with E-state index in [4.69, 9.17) is 4.98 Å². The molecule has 7 heteroatoms. The minimum absolute atomic E-state index is 0.0957. The van der Waals surface area contributed by atoms with Gasteiger partial charge in [0.25, 0.3) is 5.91 Å². The predicted molar refractivity (Wildman–Crippen MR) is 141 cm³/mol. The van der Waals surface area contributed by atoms with E-state index in [9.17, 15) is 9.18 Å². The summed E-state index contributed by atoms with van der Waals surface area (Å²) in [6.07, 6.45) is 12.7. The second-order valence-electron chi connectivity index (χ2n) is 11.0. The fourth-order valence-corrected chi connectivity index (χ4v) is 5.70. The van der Waals surface area contributed by atoms with Crippen LogP contribution in [0, 0.1) is 17.7 Å². The summed E-state index contributed by atoms with van der Waals surface area (Å²) in [7, 11) is 0. The van der Waals surface area contributed by atoms with Gasteiger partial charge in [0.15, 0.2) is 0 Å². The Bertz CT molecular complexity index is 1250. The molecule has 3 heterocycles. The Labute approximate surface area is 217 Å². The Morgan fingerprint density at radius 3 is 2.62 bits per heavy atom. The molecule has 1 amide bonds. The Balaban J connectivity index is 0.962. The van der Waals surface area contributed by atoms with Crippen LogP contribution >= 0.6 is 0 Å². The highest BCUT2D eigenvalue weighted by atomic mass is 19.1. The van der Waals surface area contributed by atoms with Gasteiger partial charge in [-0.25, -0.2) is 14.4 Å². The highest BCUT2D eigenvalue weighted by Crippen LogP contribution is 2.32. The third kappa shape index (κ3) is 6.04. The first-order valence-corrected chi connectivity index (χ1v) is 13.7. The number of fused-ring (bicyclic) bond motifs is 1. The van der Waals surface area contributed by atoms with Crippen LogP contribution < -0.4 is 5.32 Å². The van der Waals surface area contributed by atoms with E-state index in [0.29, 0.717) is 22.7 Å². The Morgan fingerprint density at radius 2 is 1.86 bits per heavy atom. The summed E-state index contributed by atoms with van der Waals surface area (Å²) in [5.41, 5.74) is 4.51. The van der Waals surface area contributed by atoms with Crippen molar-refractivity contribution in [3.63, 3.8) is 0 Å². The van der Waals surface area contributed by atoms with Crippen LogP contribution in [0.3, 0.4) is 0 Å². The van der Waals surface area contributed by atoms with Gasteiger partial charge in [-0.3, -0.25) is 9.78 Å². The molecule has 37 heavy (non-hydrogen) atoms. The third-order valence-electron chi connectivity index (χ3n) is 8.06. The molecule has 192 valence electrons. The summed E-state index contributed by atoms with van der Waals surface area (Å²) in [5, 5.41) is 3.18. The lowest BCUT2D eigenvalue weighted by molar-refractivity contribution is 0.0903. The number of carbonyl (C=O) groups is 1. The van der Waals surface area contributed by atoms with Gasteiger partial charge < -0.3 is 10.2 Å². The highest BCUT2D eigenvalue weighted by molar-refractivity contribution is 5.94. The average Bonchev–Trinajstić information content (AvgIpc) is 3.74. The van der Waals surface area contributed by atoms with Crippen LogP contribution in [-0.4, -0.2) is 51.4 Å². The summed E-state index contributed by atoms with van der Waals surface area (Å²) in [4.78, 5) is 29.2. The van der Waals surface area contributed by atoms with Crippen LogP contribution in [0.1, 0.15) is 59.5 Å². The smallest absolute Gasteiger partial charge is 0.253 e. The third-order valence-corrected chi connectivity index (χ3v) is 8.06. The molecule has 0 spiro atoms. The number of hydrogen-bond acceptors (Lipinski definition) is 5. The minimum atomic E-state index is -0.299. The second kappa shape index (κ2) is 10.7. The zero-order chi connectivity index (χ0) is 25.2. The molecule has 6 nitrogen and oxygen atoms in total. The van der Waals surface area contributed by atoms with Gasteiger partial charge in [0.2, 0.25) is 0 Å². The standard InChI is InChI=1S/C30H34FN5O/c31-25-3-1-2-22(16-25)27-9-7-23(17-32-27)30(37)34-26-10-12-36(13-11-26)19-21-6-8-28-24(14-21)18-33-29(35-28)15-20-4-5-20/h1-3,7,9,16-18,20-21,26H,4-6,8,10-15,19H2,(H,34,37). The number of pyridine rings is 1. The molecular formula is C30H34FN5O. The lowest BCUT2D eigenvalue weighted by Gasteiger charge is -2.35. The number of hydrogen-bond donors (Lipinski definition) is 1. The topological polar surface area (TPSA) is 71.0 Å². The zero-order valence-corrected chi connectivity index (χ0v) is 21.2. The molecule has 6 rings (SSSR count). The Morgan fingerprint density at radius 1 is 1.00 bits per heavy atom. The number of piperidine rings is 1. The van der Waals surface area contributed by atoms with Gasteiger partial charge in [-0.15, -0.1) is 0 Å². The summed E-state index contributed by atoms with van der Waals surface area (Å²) in [6.45, 7) is 3.11. The number of nitrogens with zero attached hydrogens (tertiary/aromatic N) is 4. The van der Waals surface area contributed by atoms with Gasteiger partial charge in [0.05, 0.1) is 11.3 Å². The van der Waals surface area contributed by atoms with Crippen molar-refractivity contribution in [2.24, 2.45) is 11.8 Å². The summed E-state index contributed by atoms with van der Waals surface area (Å²) in [5.74, 6) is 2.13. The Hall–Kier alpha value is -3.19. The van der Waals surface area contributed by atoms with Crippen molar-refractivity contribution >= 4 is 5.91 Å². The Kier molecular flexibility index (Phi) is 6.96. The van der Waals surface area contributed by atoms with Crippen molar-refractivity contribution in [2.45, 2.75) is 57.4 Å². The van der Waals surface area contributed by atoms with Crippen molar-refractivity contribution in [3.8, 4) is 11.3 Å². The number of halogens is 1. The van der Waals surface area contributed by atoms with Crippen LogP contribution in [0.15, 0.2) is 48.8 Å². The molecule has 2 fully saturated rings. The first-order chi connectivity index (χ1) is 18.1. The van der Waals surface area contributed by atoms with Crippen LogP contribution in [0.25, 0.3) is 11.3 Å². The van der Waals surface area contributed by atoms with Crippen LogP contribution in [0.2, 0.25) is 0 Å². The van der Waals surface area contributed by atoms with E-state index in [2.05, 4.69) is 26.4 Å². The van der Waals surface area contributed by atoms with E-state index in [-0.39, 0.29) is 17.8 Å². The van der Waals surface area contributed by atoms with Crippen molar-refractivity contribution in [2.75, 3.05) is 19.6 Å². The van der Waals surface area contributed by atoms with E-state index in [1.54, 1.807) is 24.4 Å². The van der Waals surface area contributed by atoms with Crippen LogP contribution in [0.4, 0.5) is 4.39 Å². The maximum Gasteiger partial charge on any atom is 0.253 e. The minimum Gasteiger partial charge on any atom is -0.349 e. The zero-order valence-electron chi connectivity index (χ0n) is 21.2. The van der Waals surface area contributed by atoms with E-state index < -0.39 is 0 Å². The fourth-order valence-electron chi connectivity index (χ4n) is 5.70. The van der Waals surface area contributed by atoms with Crippen molar-refractivity contribution < 1.29 is 9.18 Å². The highest BCUT2D eigenvalue weighted by Gasteiger charge is 2.27. The number of benzene rings is 1. The molecule has 0 bridgehead atoms. The lowest BCUT2D eigenvalue weighted by atomic mass is 9.86. The van der Waals surface area contributed by atoms with Gasteiger partial charge in [0.1, 0.15) is 11.6 Å². The van der Waals surface area contributed by atoms with Crippen molar-refractivity contribution in [1.82, 2.24) is 25.2 Å². The molecular weight excluding hydrogens is 465 g/mol. The number of likely N-dealkylation sites (tertiary alicyclic amines) is 1. The van der Waals surface area contributed by atoms with E-state index >= 15 is 0 Å². The molecule has 1 saturated heterocycles. The first-order valence-electron chi connectivity index (χ1n) is 13.7. The van der Waals surface area contributed by atoms with E-state index in [1.807, 2.05) is 6.07 Å². The van der Waals surface area contributed by atoms with Crippen LogP contribution in [0.5, 0.6) is 0 Å². The average molecular weight is 500 g/mol. The quantitative estimate of drug-likeness (QED) is 0.513. The lowest BCUT2D eigenvalue weighted by Crippen LogP contribution is -2.46. The maximum atomic E-state index is 13.5. The van der Waals surface area contributed by atoms with Crippen LogP contribution in [-0.2, 0) is 19.3 Å². The van der Waals surface area contributed by atoms with Crippen molar-refractivity contribution in [3.05, 3.63) is 77.3 Å². The number of aromatic nitrogens is 3. The van der Waals surface area contributed by atoms with Gasteiger partial charge in [-0.05, 0) is 86.6 Å². The molecule has 1 aliphatic heterocycles. The number of aryl methyl sites for hydroxylation is 1. The van der Waals surface area contributed by atoms with Gasteiger partial charge >= 0.3 is 0 Å². The molecule has 1 unspecified atom stereocenters. The number of nitrogens with one attached hydrogen (secondary N) is 1. The fraction of sp³-hybridized carbons (Fsp3) is 0.467. The van der Waals surface area contributed by atoms with E-state index in [0.717, 1.165) is 63.5 Å². The number of amides is 1. The molecule has 2 aromatic heterocycles. The summed E-state index contributed by atoms with van der Waals surface area (Å²) >= 11 is 0. The molecule has 0 radical (unpaired) electrons.